The highest BCUT2D eigenvalue weighted by molar-refractivity contribution is 4.86. The summed E-state index contributed by atoms with van der Waals surface area (Å²) in [5.74, 6) is 1.52. The van der Waals surface area contributed by atoms with Crippen LogP contribution in [0.5, 0.6) is 0 Å². The van der Waals surface area contributed by atoms with Crippen LogP contribution in [0.3, 0.4) is 0 Å². The summed E-state index contributed by atoms with van der Waals surface area (Å²) in [5, 5.41) is 0. The molecule has 0 aliphatic heterocycles. The molecule has 0 radical (unpaired) electrons. The van der Waals surface area contributed by atoms with E-state index in [1.165, 1.54) is 50.8 Å². The summed E-state index contributed by atoms with van der Waals surface area (Å²) in [6.07, 6.45) is 13.8. The van der Waals surface area contributed by atoms with Gasteiger partial charge in [-0.1, -0.05) is 39.5 Å². The van der Waals surface area contributed by atoms with Crippen molar-refractivity contribution in [3.05, 3.63) is 18.2 Å². The van der Waals surface area contributed by atoms with Crippen LogP contribution < -0.4 is 4.57 Å². The third kappa shape index (κ3) is 4.47. The minimum atomic E-state index is 0.578. The van der Waals surface area contributed by atoms with E-state index in [1.807, 2.05) is 0 Å². The molecule has 0 aliphatic rings. The molecule has 18 heavy (non-hydrogen) atoms. The molecule has 0 aromatic carbocycles. The molecule has 0 spiro atoms. The highest BCUT2D eigenvalue weighted by atomic mass is 15.2. The minimum absolute atomic E-state index is 0.578. The van der Waals surface area contributed by atoms with Gasteiger partial charge in [-0.15, -0.1) is 0 Å². The van der Waals surface area contributed by atoms with Gasteiger partial charge in [-0.25, -0.2) is 9.13 Å². The van der Waals surface area contributed by atoms with Crippen LogP contribution in [-0.4, -0.2) is 4.57 Å². The highest BCUT2D eigenvalue weighted by Crippen LogP contribution is 2.11. The van der Waals surface area contributed by atoms with Crippen LogP contribution in [-0.2, 0) is 13.0 Å². The van der Waals surface area contributed by atoms with Gasteiger partial charge in [0.15, 0.2) is 0 Å². The first-order valence-electron chi connectivity index (χ1n) is 7.79. The standard InChI is InChI=1S/C16H31N2/c1-5-7-8-9-10-11-16-17(12-6-2)13-14-18(16)15(3)4/h13-15H,5-12H2,1-4H3/q+1. The van der Waals surface area contributed by atoms with E-state index in [9.17, 15) is 0 Å². The fourth-order valence-electron chi connectivity index (χ4n) is 2.55. The molecular weight excluding hydrogens is 220 g/mol. The SMILES string of the molecule is CCCCCCCc1n(C(C)C)cc[n+]1CCC. The predicted octanol–water partition coefficient (Wildman–Crippen LogP) is 4.28. The van der Waals surface area contributed by atoms with Gasteiger partial charge in [-0.3, -0.25) is 0 Å². The van der Waals surface area contributed by atoms with Crippen LogP contribution >= 0.6 is 0 Å². The molecule has 0 saturated carbocycles. The number of nitrogens with zero attached hydrogens (tertiary/aromatic N) is 2. The maximum Gasteiger partial charge on any atom is 0.256 e. The molecule has 1 heterocycles. The van der Waals surface area contributed by atoms with Gasteiger partial charge in [0, 0.05) is 6.42 Å². The molecule has 0 saturated heterocycles. The van der Waals surface area contributed by atoms with E-state index in [2.05, 4.69) is 49.2 Å². The van der Waals surface area contributed by atoms with E-state index >= 15 is 0 Å². The van der Waals surface area contributed by atoms with Gasteiger partial charge in [-0.05, 0) is 26.7 Å². The first-order valence-corrected chi connectivity index (χ1v) is 7.79. The average molecular weight is 251 g/mol. The van der Waals surface area contributed by atoms with E-state index in [4.69, 9.17) is 0 Å². The van der Waals surface area contributed by atoms with Crippen molar-refractivity contribution in [1.29, 1.82) is 0 Å². The predicted molar refractivity (Wildman–Crippen MR) is 77.8 cm³/mol. The normalized spacial score (nSPS) is 11.4. The molecule has 104 valence electrons. The summed E-state index contributed by atoms with van der Waals surface area (Å²) in [7, 11) is 0. The lowest BCUT2D eigenvalue weighted by Gasteiger charge is -2.07. The van der Waals surface area contributed by atoms with Crippen molar-refractivity contribution in [3.8, 4) is 0 Å². The lowest BCUT2D eigenvalue weighted by atomic mass is 10.1. The van der Waals surface area contributed by atoms with Gasteiger partial charge in [0.2, 0.25) is 0 Å². The Bertz CT molecular complexity index is 326. The van der Waals surface area contributed by atoms with Gasteiger partial charge >= 0.3 is 0 Å². The Labute approximate surface area is 113 Å². The summed E-state index contributed by atoms with van der Waals surface area (Å²) in [6.45, 7) is 10.2. The van der Waals surface area contributed by atoms with Crippen molar-refractivity contribution in [2.24, 2.45) is 0 Å². The van der Waals surface area contributed by atoms with Crippen LogP contribution in [0.4, 0.5) is 0 Å². The molecule has 0 N–H and O–H groups in total. The molecule has 0 fully saturated rings. The van der Waals surface area contributed by atoms with Gasteiger partial charge in [0.1, 0.15) is 12.4 Å². The minimum Gasteiger partial charge on any atom is -0.234 e. The van der Waals surface area contributed by atoms with Crippen molar-refractivity contribution < 1.29 is 4.57 Å². The van der Waals surface area contributed by atoms with Crippen molar-refractivity contribution in [3.63, 3.8) is 0 Å². The average Bonchev–Trinajstić information content (AvgIpc) is 2.73. The van der Waals surface area contributed by atoms with Gasteiger partial charge in [0.25, 0.3) is 5.82 Å². The van der Waals surface area contributed by atoms with Crippen LogP contribution in [0.2, 0.25) is 0 Å². The molecule has 1 aromatic rings. The third-order valence-corrected chi connectivity index (χ3v) is 3.56. The maximum atomic E-state index is 2.44. The number of hydrogen-bond donors (Lipinski definition) is 0. The molecule has 0 amide bonds. The highest BCUT2D eigenvalue weighted by Gasteiger charge is 2.17. The van der Waals surface area contributed by atoms with Gasteiger partial charge in [0.05, 0.1) is 12.6 Å². The van der Waals surface area contributed by atoms with Crippen LogP contribution in [0, 0.1) is 0 Å². The summed E-state index contributed by atoms with van der Waals surface area (Å²) in [6, 6.07) is 0.578. The fraction of sp³-hybridized carbons (Fsp3) is 0.812. The summed E-state index contributed by atoms with van der Waals surface area (Å²) in [5.41, 5.74) is 0. The molecule has 0 aliphatic carbocycles. The lowest BCUT2D eigenvalue weighted by molar-refractivity contribution is -0.704. The van der Waals surface area contributed by atoms with E-state index in [1.54, 1.807) is 0 Å². The van der Waals surface area contributed by atoms with Gasteiger partial charge < -0.3 is 0 Å². The van der Waals surface area contributed by atoms with Crippen LogP contribution in [0.15, 0.2) is 12.4 Å². The number of unbranched alkanes of at least 4 members (excludes halogenated alkanes) is 4. The first-order chi connectivity index (χ1) is 8.70. The monoisotopic (exact) mass is 251 g/mol. The van der Waals surface area contributed by atoms with Crippen molar-refractivity contribution in [2.45, 2.75) is 85.2 Å². The van der Waals surface area contributed by atoms with E-state index < -0.39 is 0 Å². The van der Waals surface area contributed by atoms with E-state index in [0.717, 1.165) is 6.54 Å². The number of aromatic nitrogens is 2. The van der Waals surface area contributed by atoms with Gasteiger partial charge in [-0.2, -0.15) is 0 Å². The zero-order valence-corrected chi connectivity index (χ0v) is 12.8. The van der Waals surface area contributed by atoms with Crippen LogP contribution in [0.25, 0.3) is 0 Å². The number of hydrogen-bond acceptors (Lipinski definition) is 0. The quantitative estimate of drug-likeness (QED) is 0.457. The molecule has 2 heteroatoms. The maximum absolute atomic E-state index is 2.44. The third-order valence-electron chi connectivity index (χ3n) is 3.56. The molecule has 0 bridgehead atoms. The van der Waals surface area contributed by atoms with E-state index in [-0.39, 0.29) is 0 Å². The number of aryl methyl sites for hydroxylation is 1. The van der Waals surface area contributed by atoms with E-state index in [0.29, 0.717) is 6.04 Å². The summed E-state index contributed by atoms with van der Waals surface area (Å²) >= 11 is 0. The number of rotatable bonds is 9. The first kappa shape index (κ1) is 15.3. The molecule has 0 atom stereocenters. The molecule has 0 unspecified atom stereocenters. The molecule has 2 nitrogen and oxygen atoms in total. The largest absolute Gasteiger partial charge is 0.256 e. The Hall–Kier alpha value is -0.790. The topological polar surface area (TPSA) is 8.81 Å². The Morgan fingerprint density at radius 1 is 1.06 bits per heavy atom. The Kier molecular flexibility index (Phi) is 7.07. The second-order valence-electron chi connectivity index (χ2n) is 5.57. The zero-order chi connectivity index (χ0) is 13.4. The summed E-state index contributed by atoms with van der Waals surface area (Å²) < 4.78 is 4.88. The fourth-order valence-corrected chi connectivity index (χ4v) is 2.55. The number of imidazole rings is 1. The summed E-state index contributed by atoms with van der Waals surface area (Å²) in [4.78, 5) is 0. The Balaban J connectivity index is 2.57. The van der Waals surface area contributed by atoms with Crippen molar-refractivity contribution in [1.82, 2.24) is 4.57 Å². The molecule has 1 rings (SSSR count). The smallest absolute Gasteiger partial charge is 0.234 e. The van der Waals surface area contributed by atoms with Crippen molar-refractivity contribution in [2.75, 3.05) is 0 Å². The van der Waals surface area contributed by atoms with Crippen LogP contribution in [0.1, 0.15) is 78.1 Å². The zero-order valence-electron chi connectivity index (χ0n) is 12.8. The lowest BCUT2D eigenvalue weighted by Crippen LogP contribution is -2.37. The second kappa shape index (κ2) is 8.34. The van der Waals surface area contributed by atoms with Crippen molar-refractivity contribution >= 4 is 0 Å². The second-order valence-corrected chi connectivity index (χ2v) is 5.57. The molecule has 1 aromatic heterocycles. The Morgan fingerprint density at radius 3 is 2.39 bits per heavy atom. The molecular formula is C16H31N2+. The Morgan fingerprint density at radius 2 is 1.78 bits per heavy atom.